The Hall–Kier alpha value is -1.93. The standard InChI is InChI=1S/C36H50NSi/c1-26-34(29-13-9-6-10-14-29)24-32(27-11-7-5-8-12-27)25-35(26)36-33-16-15-30(23-31(33)17-20-37(36)2)28-18-21-38(3,4)22-19-28/h15-17,20,23-25,27-29H,5-14,18-19,21-22H2,1-4H3/q+1/i17D,20D. The number of benzene rings is 2. The molecule has 38 heavy (non-hydrogen) atoms. The zero-order chi connectivity index (χ0) is 28.0. The van der Waals surface area contributed by atoms with Crippen molar-refractivity contribution in [2.45, 2.75) is 127 Å². The number of nitrogens with zero attached hydrogens (tertiary/aromatic N) is 1. The van der Waals surface area contributed by atoms with Crippen LogP contribution in [0.4, 0.5) is 0 Å². The van der Waals surface area contributed by atoms with Gasteiger partial charge in [-0.1, -0.05) is 81.9 Å². The van der Waals surface area contributed by atoms with Gasteiger partial charge in [0.25, 0.3) is 0 Å². The molecule has 2 aliphatic carbocycles. The van der Waals surface area contributed by atoms with Crippen LogP contribution in [0, 0.1) is 6.92 Å². The largest absolute Gasteiger partial charge is 0.220 e. The van der Waals surface area contributed by atoms with Gasteiger partial charge >= 0.3 is 0 Å². The highest BCUT2D eigenvalue weighted by Gasteiger charge is 2.30. The maximum absolute atomic E-state index is 9.03. The van der Waals surface area contributed by atoms with Crippen molar-refractivity contribution in [1.82, 2.24) is 0 Å². The van der Waals surface area contributed by atoms with E-state index in [1.54, 1.807) is 5.56 Å². The lowest BCUT2D eigenvalue weighted by molar-refractivity contribution is -0.659. The van der Waals surface area contributed by atoms with E-state index in [0.717, 1.165) is 16.5 Å². The van der Waals surface area contributed by atoms with E-state index in [1.807, 2.05) is 11.6 Å². The second-order valence-electron chi connectivity index (χ2n) is 13.8. The summed E-state index contributed by atoms with van der Waals surface area (Å²) in [6.45, 7) is 7.42. The maximum Gasteiger partial charge on any atom is 0.220 e. The normalized spacial score (nSPS) is 22.4. The first-order valence-electron chi connectivity index (χ1n) is 16.8. The van der Waals surface area contributed by atoms with Crippen molar-refractivity contribution in [3.8, 4) is 11.3 Å². The zero-order valence-electron chi connectivity index (χ0n) is 26.5. The molecule has 2 saturated carbocycles. The van der Waals surface area contributed by atoms with Crippen molar-refractivity contribution in [3.63, 3.8) is 0 Å². The molecule has 0 bridgehead atoms. The smallest absolute Gasteiger partial charge is 0.200 e. The predicted octanol–water partition coefficient (Wildman–Crippen LogP) is 10.3. The molecule has 1 nitrogen and oxygen atoms in total. The molecule has 6 rings (SSSR count). The SMILES string of the molecule is [2H]c1c([2H])[n+](C)c(-c2cc(C3CCCCC3)cc(C3CCCCC3)c2C)c2ccc(C3CC[Si](C)(C)CC3)cc12. The quantitative estimate of drug-likeness (QED) is 0.235. The van der Waals surface area contributed by atoms with Gasteiger partial charge in [-0.2, -0.15) is 0 Å². The molecule has 2 heterocycles. The van der Waals surface area contributed by atoms with Crippen molar-refractivity contribution in [2.75, 3.05) is 0 Å². The minimum Gasteiger partial charge on any atom is -0.200 e. The molecule has 0 spiro atoms. The van der Waals surface area contributed by atoms with Gasteiger partial charge in [0, 0.05) is 14.1 Å². The summed E-state index contributed by atoms with van der Waals surface area (Å²) in [5, 5.41) is 2.12. The summed E-state index contributed by atoms with van der Waals surface area (Å²) < 4.78 is 20.1. The molecule has 0 unspecified atom stereocenters. The van der Waals surface area contributed by atoms with Crippen molar-refractivity contribution in [1.29, 1.82) is 0 Å². The van der Waals surface area contributed by atoms with Gasteiger partial charge in [0.05, 0.1) is 12.3 Å². The lowest BCUT2D eigenvalue weighted by Crippen LogP contribution is -2.31. The lowest BCUT2D eigenvalue weighted by Gasteiger charge is -2.33. The van der Waals surface area contributed by atoms with Gasteiger partial charge < -0.3 is 0 Å². The topological polar surface area (TPSA) is 3.88 Å². The third-order valence-electron chi connectivity index (χ3n) is 10.6. The number of pyridine rings is 1. The highest BCUT2D eigenvalue weighted by Crippen LogP contribution is 2.43. The fourth-order valence-electron chi connectivity index (χ4n) is 8.08. The molecule has 2 aromatic carbocycles. The summed E-state index contributed by atoms with van der Waals surface area (Å²) in [7, 11) is 1.00. The molecule has 1 saturated heterocycles. The molecule has 0 amide bonds. The molecule has 202 valence electrons. The molecule has 1 aromatic heterocycles. The zero-order valence-corrected chi connectivity index (χ0v) is 25.5. The predicted molar refractivity (Wildman–Crippen MR) is 166 cm³/mol. The van der Waals surface area contributed by atoms with Crippen LogP contribution in [0.5, 0.6) is 0 Å². The molecule has 0 N–H and O–H groups in total. The van der Waals surface area contributed by atoms with Gasteiger partial charge in [-0.15, -0.1) is 0 Å². The minimum atomic E-state index is -1.02. The molecule has 1 aliphatic heterocycles. The van der Waals surface area contributed by atoms with Crippen LogP contribution >= 0.6 is 0 Å². The van der Waals surface area contributed by atoms with Crippen LogP contribution in [0.15, 0.2) is 42.5 Å². The number of hydrogen-bond donors (Lipinski definition) is 0. The van der Waals surface area contributed by atoms with Crippen molar-refractivity contribution >= 4 is 18.8 Å². The fraction of sp³-hybridized carbons (Fsp3) is 0.583. The van der Waals surface area contributed by atoms with E-state index in [2.05, 4.69) is 50.3 Å². The summed E-state index contributed by atoms with van der Waals surface area (Å²) in [5.41, 5.74) is 8.35. The molecule has 2 heteroatoms. The molecule has 0 atom stereocenters. The molecule has 0 radical (unpaired) electrons. The fourth-order valence-corrected chi connectivity index (χ4v) is 10.6. The second kappa shape index (κ2) is 10.9. The highest BCUT2D eigenvalue weighted by molar-refractivity contribution is 6.77. The average molecular weight is 527 g/mol. The minimum absolute atomic E-state index is 0.332. The Kier molecular flexibility index (Phi) is 6.87. The van der Waals surface area contributed by atoms with Gasteiger partial charge in [0.1, 0.15) is 8.42 Å². The third-order valence-corrected chi connectivity index (χ3v) is 13.9. The van der Waals surface area contributed by atoms with Crippen LogP contribution in [-0.4, -0.2) is 8.07 Å². The molecule has 3 fully saturated rings. The van der Waals surface area contributed by atoms with Gasteiger partial charge in [0.15, 0.2) is 6.17 Å². The third kappa shape index (κ3) is 5.27. The molecular weight excluding hydrogens is 474 g/mol. The van der Waals surface area contributed by atoms with Crippen molar-refractivity contribution in [3.05, 3.63) is 64.8 Å². The molecule has 3 aliphatic rings. The summed E-state index contributed by atoms with van der Waals surface area (Å²) in [5.74, 6) is 1.91. The van der Waals surface area contributed by atoms with E-state index in [4.69, 9.17) is 2.74 Å². The van der Waals surface area contributed by atoms with E-state index in [1.165, 1.54) is 111 Å². The Balaban J connectivity index is 1.51. The van der Waals surface area contributed by atoms with Crippen LogP contribution in [0.3, 0.4) is 0 Å². The number of aromatic nitrogens is 1. The van der Waals surface area contributed by atoms with Crippen LogP contribution in [0.1, 0.15) is 120 Å². The number of rotatable bonds is 4. The van der Waals surface area contributed by atoms with Crippen LogP contribution in [0.25, 0.3) is 22.0 Å². The first-order chi connectivity index (χ1) is 19.2. The Labute approximate surface area is 235 Å². The Morgan fingerprint density at radius 3 is 2.08 bits per heavy atom. The summed E-state index contributed by atoms with van der Waals surface area (Å²) in [6, 6.07) is 15.2. The van der Waals surface area contributed by atoms with Gasteiger partial charge in [-0.25, -0.2) is 4.57 Å². The van der Waals surface area contributed by atoms with E-state index in [-0.39, 0.29) is 0 Å². The number of fused-ring (bicyclic) bond motifs is 1. The van der Waals surface area contributed by atoms with Crippen LogP contribution in [-0.2, 0) is 7.05 Å². The summed E-state index contributed by atoms with van der Waals surface area (Å²) >= 11 is 0. The van der Waals surface area contributed by atoms with Crippen LogP contribution in [0.2, 0.25) is 25.2 Å². The van der Waals surface area contributed by atoms with E-state index < -0.39 is 8.07 Å². The summed E-state index contributed by atoms with van der Waals surface area (Å²) in [4.78, 5) is 0. The first-order valence-corrected chi connectivity index (χ1v) is 19.2. The lowest BCUT2D eigenvalue weighted by atomic mass is 9.76. The van der Waals surface area contributed by atoms with E-state index in [0.29, 0.717) is 30.0 Å². The van der Waals surface area contributed by atoms with Crippen LogP contribution < -0.4 is 4.57 Å². The second-order valence-corrected chi connectivity index (χ2v) is 19.2. The Morgan fingerprint density at radius 1 is 0.763 bits per heavy atom. The highest BCUT2D eigenvalue weighted by atomic mass is 28.3. The van der Waals surface area contributed by atoms with E-state index >= 15 is 0 Å². The Bertz CT molecular complexity index is 1390. The Morgan fingerprint density at radius 2 is 1.39 bits per heavy atom. The molecular formula is C36H50NSi+. The van der Waals surface area contributed by atoms with Gasteiger partial charge in [0.2, 0.25) is 5.69 Å². The van der Waals surface area contributed by atoms with Crippen molar-refractivity contribution < 1.29 is 7.31 Å². The first kappa shape index (κ1) is 23.9. The van der Waals surface area contributed by atoms with Gasteiger partial charge in [-0.3, -0.25) is 0 Å². The number of hydrogen-bond acceptors (Lipinski definition) is 0. The monoisotopic (exact) mass is 526 g/mol. The summed E-state index contributed by atoms with van der Waals surface area (Å²) in [6.07, 6.45) is 16.3. The average Bonchev–Trinajstić information content (AvgIpc) is 2.97. The van der Waals surface area contributed by atoms with Gasteiger partial charge in [-0.05, 0) is 103 Å². The molecule has 3 aromatic rings. The van der Waals surface area contributed by atoms with E-state index in [9.17, 15) is 0 Å². The van der Waals surface area contributed by atoms with Crippen molar-refractivity contribution in [2.24, 2.45) is 7.05 Å². The maximum atomic E-state index is 9.03.